The zero-order valence-corrected chi connectivity index (χ0v) is 22.0. The average molecular weight is 581 g/mol. The molecule has 1 aliphatic heterocycles. The predicted molar refractivity (Wildman–Crippen MR) is 143 cm³/mol. The lowest BCUT2D eigenvalue weighted by atomic mass is 9.71. The zero-order chi connectivity index (χ0) is 27.0. The Balaban J connectivity index is 1.57. The molecule has 5 rings (SSSR count). The quantitative estimate of drug-likeness (QED) is 0.336. The van der Waals surface area contributed by atoms with Gasteiger partial charge < -0.3 is 10.6 Å². The second-order valence-electron chi connectivity index (χ2n) is 9.48. The molecular weight excluding hydrogens is 557 g/mol. The van der Waals surface area contributed by atoms with Crippen LogP contribution in [0.1, 0.15) is 48.3 Å². The van der Waals surface area contributed by atoms with E-state index in [4.69, 9.17) is 0 Å². The number of rotatable bonds is 4. The van der Waals surface area contributed by atoms with E-state index in [-0.39, 0.29) is 29.4 Å². The lowest BCUT2D eigenvalue weighted by Crippen LogP contribution is -2.37. The number of amides is 1. The van der Waals surface area contributed by atoms with Crippen molar-refractivity contribution in [2.45, 2.75) is 37.8 Å². The summed E-state index contributed by atoms with van der Waals surface area (Å²) < 4.78 is 41.7. The molecule has 0 saturated carbocycles. The predicted octanol–water partition coefficient (Wildman–Crippen LogP) is 7.47. The van der Waals surface area contributed by atoms with E-state index in [0.29, 0.717) is 23.3 Å². The maximum absolute atomic E-state index is 13.7. The summed E-state index contributed by atoms with van der Waals surface area (Å²) in [6.07, 6.45) is -3.77. The van der Waals surface area contributed by atoms with Gasteiger partial charge in [0, 0.05) is 39.4 Å². The molecule has 0 fully saturated rings. The van der Waals surface area contributed by atoms with Gasteiger partial charge in [0.1, 0.15) is 0 Å². The number of para-hydroxylation sites is 1. The van der Waals surface area contributed by atoms with Crippen LogP contribution in [0.2, 0.25) is 0 Å². The Morgan fingerprint density at radius 1 is 0.921 bits per heavy atom. The van der Waals surface area contributed by atoms with Crippen LogP contribution in [-0.2, 0) is 15.8 Å². The third-order valence-electron chi connectivity index (χ3n) is 7.03. The monoisotopic (exact) mass is 580 g/mol. The van der Waals surface area contributed by atoms with Gasteiger partial charge in [-0.1, -0.05) is 70.5 Å². The van der Waals surface area contributed by atoms with Crippen LogP contribution in [0.3, 0.4) is 0 Å². The number of halogens is 4. The zero-order valence-electron chi connectivity index (χ0n) is 20.4. The van der Waals surface area contributed by atoms with Gasteiger partial charge in [-0.25, -0.2) is 0 Å². The second kappa shape index (κ2) is 10.3. The van der Waals surface area contributed by atoms with Gasteiger partial charge in [0.15, 0.2) is 5.78 Å². The number of nitrogens with one attached hydrogen (secondary N) is 2. The summed E-state index contributed by atoms with van der Waals surface area (Å²) in [5, 5.41) is 5.74. The molecule has 3 aromatic carbocycles. The maximum Gasteiger partial charge on any atom is 0.418 e. The van der Waals surface area contributed by atoms with Crippen molar-refractivity contribution < 1.29 is 22.8 Å². The first kappa shape index (κ1) is 26.0. The van der Waals surface area contributed by atoms with Gasteiger partial charge in [0.25, 0.3) is 5.91 Å². The smallest absolute Gasteiger partial charge is 0.362 e. The summed E-state index contributed by atoms with van der Waals surface area (Å²) in [7, 11) is 0. The molecule has 0 aromatic heterocycles. The number of benzene rings is 3. The number of carbonyl (C=O) groups excluding carboxylic acids is 2. The molecule has 0 spiro atoms. The molecule has 0 radical (unpaired) electrons. The van der Waals surface area contributed by atoms with Gasteiger partial charge in [0.2, 0.25) is 0 Å². The van der Waals surface area contributed by atoms with E-state index in [1.165, 1.54) is 18.2 Å². The van der Waals surface area contributed by atoms with Crippen molar-refractivity contribution in [2.24, 2.45) is 0 Å². The summed E-state index contributed by atoms with van der Waals surface area (Å²) in [4.78, 5) is 27.3. The van der Waals surface area contributed by atoms with Crippen LogP contribution in [0.15, 0.2) is 106 Å². The first-order chi connectivity index (χ1) is 18.1. The Bertz CT molecular complexity index is 1460. The molecule has 194 valence electrons. The van der Waals surface area contributed by atoms with Crippen molar-refractivity contribution in [1.82, 2.24) is 5.32 Å². The fourth-order valence-corrected chi connectivity index (χ4v) is 5.58. The van der Waals surface area contributed by atoms with Crippen LogP contribution >= 0.6 is 15.9 Å². The van der Waals surface area contributed by atoms with Gasteiger partial charge in [-0.2, -0.15) is 13.2 Å². The third kappa shape index (κ3) is 5.05. The number of alkyl halides is 3. The van der Waals surface area contributed by atoms with Gasteiger partial charge >= 0.3 is 6.18 Å². The minimum absolute atomic E-state index is 0.0117. The molecule has 38 heavy (non-hydrogen) atoms. The Labute approximate surface area is 226 Å². The van der Waals surface area contributed by atoms with Crippen LogP contribution in [0.25, 0.3) is 0 Å². The molecule has 2 N–H and O–H groups in total. The van der Waals surface area contributed by atoms with Crippen molar-refractivity contribution >= 4 is 33.3 Å². The third-order valence-corrected chi connectivity index (χ3v) is 7.56. The number of allylic oxidation sites excluding steroid dienone is 3. The lowest BCUT2D eigenvalue weighted by molar-refractivity contribution is -0.137. The van der Waals surface area contributed by atoms with E-state index in [1.54, 1.807) is 6.92 Å². The summed E-state index contributed by atoms with van der Waals surface area (Å²) in [5.74, 6) is -1.51. The fourth-order valence-electron chi connectivity index (χ4n) is 5.32. The minimum atomic E-state index is -4.63. The number of ketones is 1. The SMILES string of the molecule is CC1=C(C(=O)Nc2ccccc2C(F)(F)F)C(c2ccc(Br)cc2)C2=C(CC(c3ccccc3)CC2=O)N1. The van der Waals surface area contributed by atoms with Crippen LogP contribution in [0.4, 0.5) is 18.9 Å². The number of anilines is 1. The highest BCUT2D eigenvalue weighted by Crippen LogP contribution is 2.46. The molecule has 0 bridgehead atoms. The highest BCUT2D eigenvalue weighted by Gasteiger charge is 2.41. The highest BCUT2D eigenvalue weighted by molar-refractivity contribution is 9.10. The van der Waals surface area contributed by atoms with Crippen LogP contribution in [0, 0.1) is 0 Å². The van der Waals surface area contributed by atoms with Crippen molar-refractivity contribution in [3.8, 4) is 0 Å². The van der Waals surface area contributed by atoms with Crippen LogP contribution in [-0.4, -0.2) is 11.7 Å². The average Bonchev–Trinajstić information content (AvgIpc) is 2.88. The molecule has 8 heteroatoms. The first-order valence-electron chi connectivity index (χ1n) is 12.2. The second-order valence-corrected chi connectivity index (χ2v) is 10.4. The van der Waals surface area contributed by atoms with E-state index in [2.05, 4.69) is 26.6 Å². The van der Waals surface area contributed by atoms with E-state index in [0.717, 1.165) is 21.8 Å². The topological polar surface area (TPSA) is 58.2 Å². The number of dihydropyridines is 1. The molecule has 3 aromatic rings. The molecule has 1 aliphatic carbocycles. The van der Waals surface area contributed by atoms with Gasteiger partial charge in [0.05, 0.1) is 11.3 Å². The Morgan fingerprint density at radius 2 is 1.58 bits per heavy atom. The van der Waals surface area contributed by atoms with Crippen LogP contribution < -0.4 is 10.6 Å². The van der Waals surface area contributed by atoms with E-state index in [9.17, 15) is 22.8 Å². The maximum atomic E-state index is 13.7. The summed E-state index contributed by atoms with van der Waals surface area (Å²) in [6, 6.07) is 22.0. The molecule has 0 saturated heterocycles. The van der Waals surface area contributed by atoms with Gasteiger partial charge in [-0.3, -0.25) is 9.59 Å². The Morgan fingerprint density at radius 3 is 2.26 bits per heavy atom. The number of hydrogen-bond donors (Lipinski definition) is 2. The molecule has 2 aliphatic rings. The first-order valence-corrected chi connectivity index (χ1v) is 12.9. The van der Waals surface area contributed by atoms with Crippen molar-refractivity contribution in [2.75, 3.05) is 5.32 Å². The van der Waals surface area contributed by atoms with E-state index in [1.807, 2.05) is 54.6 Å². The standard InChI is InChI=1S/C30H24BrF3N2O2/c1-17-26(29(38)36-23-10-6-5-9-22(23)30(32,33)34)27(19-11-13-21(31)14-12-19)28-24(35-17)15-20(16-25(28)37)18-7-3-2-4-8-18/h2-14,20,27,35H,15-16H2,1H3,(H,36,38). The number of Topliss-reactive ketones (excluding diaryl/α,β-unsaturated/α-hetero) is 1. The van der Waals surface area contributed by atoms with E-state index < -0.39 is 23.6 Å². The highest BCUT2D eigenvalue weighted by atomic mass is 79.9. The van der Waals surface area contributed by atoms with Crippen molar-refractivity contribution in [1.29, 1.82) is 0 Å². The van der Waals surface area contributed by atoms with Crippen LogP contribution in [0.5, 0.6) is 0 Å². The van der Waals surface area contributed by atoms with Gasteiger partial charge in [-0.15, -0.1) is 0 Å². The minimum Gasteiger partial charge on any atom is -0.362 e. The number of carbonyl (C=O) groups is 2. The van der Waals surface area contributed by atoms with Gasteiger partial charge in [-0.05, 0) is 54.7 Å². The summed E-state index contributed by atoms with van der Waals surface area (Å²) in [6.45, 7) is 1.72. The van der Waals surface area contributed by atoms with Crippen molar-refractivity contribution in [3.63, 3.8) is 0 Å². The largest absolute Gasteiger partial charge is 0.418 e. The summed E-state index contributed by atoms with van der Waals surface area (Å²) in [5.41, 5.74) is 2.45. The fraction of sp³-hybridized carbons (Fsp3) is 0.200. The normalized spacial score (nSPS) is 19.7. The summed E-state index contributed by atoms with van der Waals surface area (Å²) >= 11 is 3.42. The van der Waals surface area contributed by atoms with E-state index >= 15 is 0 Å². The molecular formula is C30H24BrF3N2O2. The molecule has 1 amide bonds. The Hall–Kier alpha value is -3.65. The molecule has 2 atom stereocenters. The van der Waals surface area contributed by atoms with Crippen molar-refractivity contribution in [3.05, 3.63) is 123 Å². The lowest BCUT2D eigenvalue weighted by Gasteiger charge is -2.37. The number of hydrogen-bond acceptors (Lipinski definition) is 3. The Kier molecular flexibility index (Phi) is 7.01. The molecule has 4 nitrogen and oxygen atoms in total. The molecule has 2 unspecified atom stereocenters. The molecule has 1 heterocycles.